The lowest BCUT2D eigenvalue weighted by molar-refractivity contribution is -0.192. The molecule has 0 bridgehead atoms. The molecule has 1 aliphatic rings. The van der Waals surface area contributed by atoms with E-state index in [0.717, 1.165) is 0 Å². The Morgan fingerprint density at radius 1 is 1.33 bits per heavy atom. The summed E-state index contributed by atoms with van der Waals surface area (Å²) in [5.41, 5.74) is 0. The molecule has 0 radical (unpaired) electrons. The van der Waals surface area contributed by atoms with Crippen LogP contribution in [0.1, 0.15) is 12.8 Å². The van der Waals surface area contributed by atoms with E-state index in [0.29, 0.717) is 0 Å². The summed E-state index contributed by atoms with van der Waals surface area (Å²) in [7, 11) is -3.08. The molecular formula is C9H14F3NO4S. The van der Waals surface area contributed by atoms with E-state index < -0.39 is 34.4 Å². The number of rotatable bonds is 4. The zero-order valence-corrected chi connectivity index (χ0v) is 10.2. The molecule has 5 nitrogen and oxygen atoms in total. The number of alkyl halides is 3. The van der Waals surface area contributed by atoms with E-state index in [-0.39, 0.29) is 30.4 Å². The van der Waals surface area contributed by atoms with Crippen LogP contribution < -0.4 is 5.32 Å². The van der Waals surface area contributed by atoms with Crippen molar-refractivity contribution in [3.05, 3.63) is 0 Å². The fraction of sp³-hybridized carbons (Fsp3) is 0.889. The number of hydrogen-bond acceptors (Lipinski definition) is 4. The van der Waals surface area contributed by atoms with Gasteiger partial charge >= 0.3 is 12.1 Å². The Hall–Kier alpha value is -0.830. The van der Waals surface area contributed by atoms with Crippen LogP contribution in [0.5, 0.6) is 0 Å². The smallest absolute Gasteiger partial charge is 0.403 e. The molecule has 1 rings (SSSR count). The number of carboxylic acid groups (broad SMARTS) is 1. The summed E-state index contributed by atoms with van der Waals surface area (Å²) in [6.07, 6.45) is -4.38. The molecule has 1 aliphatic heterocycles. The first-order chi connectivity index (χ1) is 8.12. The van der Waals surface area contributed by atoms with Crippen molar-refractivity contribution in [2.24, 2.45) is 5.92 Å². The highest BCUT2D eigenvalue weighted by atomic mass is 32.2. The summed E-state index contributed by atoms with van der Waals surface area (Å²) < 4.78 is 59.2. The number of carbonyl (C=O) groups is 1. The maximum Gasteiger partial charge on any atom is 0.403 e. The molecule has 0 aromatic heterocycles. The second kappa shape index (κ2) is 5.43. The van der Waals surface area contributed by atoms with Gasteiger partial charge in [0.2, 0.25) is 0 Å². The zero-order valence-electron chi connectivity index (χ0n) is 9.40. The number of aliphatic carboxylic acids is 1. The SMILES string of the molecule is O=C(O)C(CNC1CCS(=O)(=O)CC1)C(F)(F)F. The third kappa shape index (κ3) is 4.45. The number of nitrogens with one attached hydrogen (secondary N) is 1. The number of halogens is 3. The van der Waals surface area contributed by atoms with E-state index in [1.54, 1.807) is 0 Å². The van der Waals surface area contributed by atoms with Gasteiger partial charge in [-0.3, -0.25) is 4.79 Å². The molecule has 106 valence electrons. The maximum absolute atomic E-state index is 12.3. The van der Waals surface area contributed by atoms with Gasteiger partial charge in [-0.25, -0.2) is 8.42 Å². The van der Waals surface area contributed by atoms with Gasteiger partial charge in [0.25, 0.3) is 0 Å². The summed E-state index contributed by atoms with van der Waals surface area (Å²) in [6.45, 7) is -0.733. The summed E-state index contributed by atoms with van der Waals surface area (Å²) >= 11 is 0. The van der Waals surface area contributed by atoms with E-state index in [4.69, 9.17) is 5.11 Å². The van der Waals surface area contributed by atoms with Crippen LogP contribution in [0.3, 0.4) is 0 Å². The highest BCUT2D eigenvalue weighted by Crippen LogP contribution is 2.26. The zero-order chi connectivity index (χ0) is 14.0. The Morgan fingerprint density at radius 3 is 2.22 bits per heavy atom. The summed E-state index contributed by atoms with van der Waals surface area (Å²) in [5, 5.41) is 10.9. The molecule has 1 atom stereocenters. The summed E-state index contributed by atoms with van der Waals surface area (Å²) in [5.74, 6) is -4.54. The number of carboxylic acids is 1. The molecule has 1 fully saturated rings. The van der Waals surface area contributed by atoms with Crippen LogP contribution in [0.15, 0.2) is 0 Å². The van der Waals surface area contributed by atoms with Crippen LogP contribution in [-0.4, -0.2) is 49.8 Å². The summed E-state index contributed by atoms with van der Waals surface area (Å²) in [4.78, 5) is 10.5. The quantitative estimate of drug-likeness (QED) is 0.783. The molecule has 0 amide bonds. The fourth-order valence-electron chi connectivity index (χ4n) is 1.72. The fourth-order valence-corrected chi connectivity index (χ4v) is 3.21. The molecule has 1 saturated heterocycles. The second-order valence-electron chi connectivity index (χ2n) is 4.27. The Labute approximate surface area is 102 Å². The van der Waals surface area contributed by atoms with Crippen LogP contribution in [-0.2, 0) is 14.6 Å². The lowest BCUT2D eigenvalue weighted by Crippen LogP contribution is -2.45. The van der Waals surface area contributed by atoms with Gasteiger partial charge in [0, 0.05) is 12.6 Å². The molecular weight excluding hydrogens is 275 g/mol. The Kier molecular flexibility index (Phi) is 4.60. The lowest BCUT2D eigenvalue weighted by Gasteiger charge is -2.25. The summed E-state index contributed by atoms with van der Waals surface area (Å²) in [6, 6.07) is -0.377. The second-order valence-corrected chi connectivity index (χ2v) is 6.57. The maximum atomic E-state index is 12.3. The minimum absolute atomic E-state index is 0.0750. The molecule has 0 aromatic rings. The molecule has 0 saturated carbocycles. The molecule has 1 unspecified atom stereocenters. The third-order valence-electron chi connectivity index (χ3n) is 2.86. The number of sulfone groups is 1. The van der Waals surface area contributed by atoms with Crippen molar-refractivity contribution >= 4 is 15.8 Å². The Bertz CT molecular complexity index is 393. The monoisotopic (exact) mass is 289 g/mol. The van der Waals surface area contributed by atoms with Crippen molar-refractivity contribution < 1.29 is 31.5 Å². The normalized spacial score (nSPS) is 22.6. The molecule has 1 heterocycles. The van der Waals surface area contributed by atoms with Gasteiger partial charge in [-0.15, -0.1) is 0 Å². The van der Waals surface area contributed by atoms with Crippen molar-refractivity contribution in [1.82, 2.24) is 5.32 Å². The van der Waals surface area contributed by atoms with Gasteiger partial charge in [-0.2, -0.15) is 13.2 Å². The molecule has 0 aromatic carbocycles. The van der Waals surface area contributed by atoms with E-state index in [2.05, 4.69) is 5.32 Å². The van der Waals surface area contributed by atoms with Crippen LogP contribution in [0.25, 0.3) is 0 Å². The van der Waals surface area contributed by atoms with Crippen molar-refractivity contribution in [2.45, 2.75) is 25.1 Å². The molecule has 9 heteroatoms. The first-order valence-corrected chi connectivity index (χ1v) is 7.17. The molecule has 2 N–H and O–H groups in total. The van der Waals surface area contributed by atoms with Gasteiger partial charge in [-0.05, 0) is 12.8 Å². The molecule has 0 spiro atoms. The van der Waals surface area contributed by atoms with Gasteiger partial charge < -0.3 is 10.4 Å². The first-order valence-electron chi connectivity index (χ1n) is 5.35. The molecule has 0 aliphatic carbocycles. The predicted octanol–water partition coefficient (Wildman–Crippen LogP) is 0.416. The topological polar surface area (TPSA) is 83.5 Å². The standard InChI is InChI=1S/C9H14F3NO4S/c10-9(11,12)7(8(14)15)5-13-6-1-3-18(16,17)4-2-6/h6-7,13H,1-5H2,(H,14,15). The largest absolute Gasteiger partial charge is 0.481 e. The molecule has 18 heavy (non-hydrogen) atoms. The highest BCUT2D eigenvalue weighted by Gasteiger charge is 2.45. The third-order valence-corrected chi connectivity index (χ3v) is 4.57. The minimum atomic E-state index is -4.81. The van der Waals surface area contributed by atoms with Gasteiger partial charge in [0.1, 0.15) is 9.84 Å². The number of hydrogen-bond donors (Lipinski definition) is 2. The van der Waals surface area contributed by atoms with Gasteiger partial charge in [-0.1, -0.05) is 0 Å². The van der Waals surface area contributed by atoms with Crippen LogP contribution in [0, 0.1) is 5.92 Å². The minimum Gasteiger partial charge on any atom is -0.481 e. The first kappa shape index (κ1) is 15.2. The van der Waals surface area contributed by atoms with Crippen molar-refractivity contribution in [2.75, 3.05) is 18.1 Å². The van der Waals surface area contributed by atoms with Crippen molar-refractivity contribution in [3.8, 4) is 0 Å². The van der Waals surface area contributed by atoms with Crippen LogP contribution >= 0.6 is 0 Å². The average molecular weight is 289 g/mol. The predicted molar refractivity (Wildman–Crippen MR) is 56.9 cm³/mol. The van der Waals surface area contributed by atoms with Gasteiger partial charge in [0.05, 0.1) is 11.5 Å². The van der Waals surface area contributed by atoms with E-state index >= 15 is 0 Å². The van der Waals surface area contributed by atoms with Crippen LogP contribution in [0.4, 0.5) is 13.2 Å². The van der Waals surface area contributed by atoms with E-state index in [1.165, 1.54) is 0 Å². The Balaban J connectivity index is 2.47. The van der Waals surface area contributed by atoms with E-state index in [9.17, 15) is 26.4 Å². The van der Waals surface area contributed by atoms with E-state index in [1.807, 2.05) is 0 Å². The average Bonchev–Trinajstić information content (AvgIpc) is 2.18. The van der Waals surface area contributed by atoms with Crippen molar-refractivity contribution in [1.29, 1.82) is 0 Å². The lowest BCUT2D eigenvalue weighted by atomic mass is 10.1. The van der Waals surface area contributed by atoms with Crippen LogP contribution in [0.2, 0.25) is 0 Å². The highest BCUT2D eigenvalue weighted by molar-refractivity contribution is 7.91. The Morgan fingerprint density at radius 2 is 1.83 bits per heavy atom. The van der Waals surface area contributed by atoms with Gasteiger partial charge in [0.15, 0.2) is 5.92 Å². The van der Waals surface area contributed by atoms with Crippen molar-refractivity contribution in [3.63, 3.8) is 0 Å².